The van der Waals surface area contributed by atoms with Crippen LogP contribution in [0.25, 0.3) is 0 Å². The number of nitrogens with zero attached hydrogens (tertiary/aromatic N) is 2. The fourth-order valence-electron chi connectivity index (χ4n) is 1.06. The molecule has 0 aliphatic carbocycles. The van der Waals surface area contributed by atoms with Gasteiger partial charge in [0, 0.05) is 5.38 Å². The second-order valence-corrected chi connectivity index (χ2v) is 3.39. The van der Waals surface area contributed by atoms with Crippen molar-refractivity contribution in [3.63, 3.8) is 0 Å². The Morgan fingerprint density at radius 2 is 2.14 bits per heavy atom. The minimum atomic E-state index is -0.873. The van der Waals surface area contributed by atoms with Crippen molar-refractivity contribution >= 4 is 11.5 Å². The van der Waals surface area contributed by atoms with Crippen LogP contribution in [0.15, 0.2) is 29.8 Å². The molecule has 3 nitrogen and oxygen atoms in total. The Labute approximate surface area is 84.0 Å². The third-order valence-corrected chi connectivity index (χ3v) is 2.34. The van der Waals surface area contributed by atoms with E-state index in [1.54, 1.807) is 11.4 Å². The predicted molar refractivity (Wildman–Crippen MR) is 50.4 cm³/mol. The van der Waals surface area contributed by atoms with Crippen molar-refractivity contribution in [1.29, 1.82) is 0 Å². The molecule has 0 saturated heterocycles. The molecule has 0 amide bonds. The Bertz CT molecular complexity index is 401. The number of rotatable bonds is 2. The zero-order valence-corrected chi connectivity index (χ0v) is 7.91. The third kappa shape index (κ3) is 1.78. The normalized spacial score (nSPS) is 12.7. The van der Waals surface area contributed by atoms with Crippen LogP contribution in [0.2, 0.25) is 0 Å². The molecule has 14 heavy (non-hydrogen) atoms. The SMILES string of the molecule is OC(c1ccc(F)cn1)c1ccsn1. The zero-order chi connectivity index (χ0) is 9.97. The van der Waals surface area contributed by atoms with Gasteiger partial charge in [0.1, 0.15) is 11.9 Å². The maximum Gasteiger partial charge on any atom is 0.141 e. The van der Waals surface area contributed by atoms with Crippen LogP contribution in [0.1, 0.15) is 17.5 Å². The molecule has 0 saturated carbocycles. The fraction of sp³-hybridized carbons (Fsp3) is 0.111. The first-order valence-electron chi connectivity index (χ1n) is 3.97. The zero-order valence-electron chi connectivity index (χ0n) is 7.09. The number of hydrogen-bond acceptors (Lipinski definition) is 4. The lowest BCUT2D eigenvalue weighted by Gasteiger charge is -2.05. The average Bonchev–Trinajstić information content (AvgIpc) is 2.71. The van der Waals surface area contributed by atoms with Gasteiger partial charge in [0.25, 0.3) is 0 Å². The van der Waals surface area contributed by atoms with Crippen LogP contribution < -0.4 is 0 Å². The van der Waals surface area contributed by atoms with E-state index in [1.165, 1.54) is 23.7 Å². The highest BCUT2D eigenvalue weighted by Crippen LogP contribution is 2.19. The molecule has 0 radical (unpaired) electrons. The van der Waals surface area contributed by atoms with Crippen LogP contribution in [-0.4, -0.2) is 14.5 Å². The van der Waals surface area contributed by atoms with Gasteiger partial charge in [-0.3, -0.25) is 4.98 Å². The van der Waals surface area contributed by atoms with Crippen molar-refractivity contribution in [2.24, 2.45) is 0 Å². The molecule has 0 bridgehead atoms. The minimum absolute atomic E-state index is 0.400. The van der Waals surface area contributed by atoms with Crippen LogP contribution in [0.3, 0.4) is 0 Å². The predicted octanol–water partition coefficient (Wildman–Crippen LogP) is 1.76. The molecule has 0 fully saturated rings. The van der Waals surface area contributed by atoms with E-state index < -0.39 is 11.9 Å². The highest BCUT2D eigenvalue weighted by atomic mass is 32.1. The van der Waals surface area contributed by atoms with E-state index in [-0.39, 0.29) is 0 Å². The summed E-state index contributed by atoms with van der Waals surface area (Å²) in [4.78, 5) is 3.77. The third-order valence-electron chi connectivity index (χ3n) is 1.77. The van der Waals surface area contributed by atoms with Gasteiger partial charge in [-0.1, -0.05) is 0 Å². The van der Waals surface area contributed by atoms with Crippen molar-refractivity contribution in [2.75, 3.05) is 0 Å². The Morgan fingerprint density at radius 1 is 1.29 bits per heavy atom. The van der Waals surface area contributed by atoms with Gasteiger partial charge in [0.05, 0.1) is 17.6 Å². The molecule has 72 valence electrons. The highest BCUT2D eigenvalue weighted by Gasteiger charge is 2.13. The van der Waals surface area contributed by atoms with E-state index in [1.807, 2.05) is 0 Å². The first kappa shape index (κ1) is 9.23. The summed E-state index contributed by atoms with van der Waals surface area (Å²) < 4.78 is 16.5. The van der Waals surface area contributed by atoms with E-state index in [2.05, 4.69) is 9.36 Å². The number of aromatic nitrogens is 2. The van der Waals surface area contributed by atoms with E-state index in [9.17, 15) is 9.50 Å². The molecule has 0 aliphatic rings. The van der Waals surface area contributed by atoms with Crippen LogP contribution in [-0.2, 0) is 0 Å². The maximum absolute atomic E-state index is 12.5. The summed E-state index contributed by atoms with van der Waals surface area (Å²) in [5.41, 5.74) is 0.936. The van der Waals surface area contributed by atoms with Crippen molar-refractivity contribution in [2.45, 2.75) is 6.10 Å². The number of pyridine rings is 1. The molecular formula is C9H7FN2OS. The van der Waals surface area contributed by atoms with Gasteiger partial charge in [-0.05, 0) is 29.7 Å². The Balaban J connectivity index is 2.28. The molecule has 2 aromatic heterocycles. The minimum Gasteiger partial charge on any atom is -0.380 e. The van der Waals surface area contributed by atoms with Crippen LogP contribution in [0.5, 0.6) is 0 Å². The van der Waals surface area contributed by atoms with Crippen molar-refractivity contribution in [1.82, 2.24) is 9.36 Å². The molecule has 2 aromatic rings. The lowest BCUT2D eigenvalue weighted by molar-refractivity contribution is 0.211. The van der Waals surface area contributed by atoms with Gasteiger partial charge in [0.2, 0.25) is 0 Å². The molecular weight excluding hydrogens is 203 g/mol. The van der Waals surface area contributed by atoms with Crippen LogP contribution in [0, 0.1) is 5.82 Å². The highest BCUT2D eigenvalue weighted by molar-refractivity contribution is 7.03. The van der Waals surface area contributed by atoms with E-state index in [4.69, 9.17) is 0 Å². The number of hydrogen-bond donors (Lipinski definition) is 1. The summed E-state index contributed by atoms with van der Waals surface area (Å²) in [6.07, 6.45) is 0.201. The van der Waals surface area contributed by atoms with Crippen LogP contribution in [0.4, 0.5) is 4.39 Å². The summed E-state index contributed by atoms with van der Waals surface area (Å²) >= 11 is 1.25. The van der Waals surface area contributed by atoms with Crippen LogP contribution >= 0.6 is 11.5 Å². The molecule has 0 spiro atoms. The standard InChI is InChI=1S/C9H7FN2OS/c10-6-1-2-7(11-5-6)9(13)8-3-4-14-12-8/h1-5,9,13H. The number of halogens is 1. The fourth-order valence-corrected chi connectivity index (χ4v) is 1.61. The Morgan fingerprint density at radius 3 is 2.71 bits per heavy atom. The van der Waals surface area contributed by atoms with Gasteiger partial charge in [0.15, 0.2) is 0 Å². The monoisotopic (exact) mass is 210 g/mol. The summed E-state index contributed by atoms with van der Waals surface area (Å²) in [5, 5.41) is 11.5. The second-order valence-electron chi connectivity index (χ2n) is 2.73. The topological polar surface area (TPSA) is 46.0 Å². The van der Waals surface area contributed by atoms with Gasteiger partial charge in [-0.15, -0.1) is 0 Å². The van der Waals surface area contributed by atoms with Gasteiger partial charge in [-0.2, -0.15) is 4.37 Å². The average molecular weight is 210 g/mol. The Kier molecular flexibility index (Phi) is 2.51. The first-order chi connectivity index (χ1) is 6.77. The summed E-state index contributed by atoms with van der Waals surface area (Å²) in [5.74, 6) is -0.417. The maximum atomic E-state index is 12.5. The summed E-state index contributed by atoms with van der Waals surface area (Å²) in [7, 11) is 0. The lowest BCUT2D eigenvalue weighted by Crippen LogP contribution is -2.02. The van der Waals surface area contributed by atoms with E-state index in [0.717, 1.165) is 6.20 Å². The second kappa shape index (κ2) is 3.81. The quantitative estimate of drug-likeness (QED) is 0.821. The first-order valence-corrected chi connectivity index (χ1v) is 4.81. The van der Waals surface area contributed by atoms with Crippen molar-refractivity contribution in [3.8, 4) is 0 Å². The van der Waals surface area contributed by atoms with Crippen molar-refractivity contribution in [3.05, 3.63) is 47.0 Å². The molecule has 1 atom stereocenters. The molecule has 5 heteroatoms. The summed E-state index contributed by atoms with van der Waals surface area (Å²) in [6.45, 7) is 0. The number of aliphatic hydroxyl groups excluding tert-OH is 1. The molecule has 2 rings (SSSR count). The van der Waals surface area contributed by atoms with Crippen molar-refractivity contribution < 1.29 is 9.50 Å². The molecule has 0 aliphatic heterocycles. The van der Waals surface area contributed by atoms with Gasteiger partial charge in [-0.25, -0.2) is 4.39 Å². The smallest absolute Gasteiger partial charge is 0.141 e. The summed E-state index contributed by atoms with van der Waals surface area (Å²) in [6, 6.07) is 4.41. The molecule has 0 aromatic carbocycles. The van der Waals surface area contributed by atoms with E-state index in [0.29, 0.717) is 11.4 Å². The number of aliphatic hydroxyl groups is 1. The lowest BCUT2D eigenvalue weighted by atomic mass is 10.2. The van der Waals surface area contributed by atoms with Gasteiger partial charge < -0.3 is 5.11 Å². The molecule has 1 unspecified atom stereocenters. The van der Waals surface area contributed by atoms with Gasteiger partial charge >= 0.3 is 0 Å². The molecule has 2 heterocycles. The largest absolute Gasteiger partial charge is 0.380 e. The molecule has 1 N–H and O–H groups in total. The Hall–Kier alpha value is -1.33. The van der Waals surface area contributed by atoms with E-state index >= 15 is 0 Å².